The third-order valence-electron chi connectivity index (χ3n) is 4.78. The number of aliphatic hydroxyl groups is 1. The van der Waals surface area contributed by atoms with E-state index in [-0.39, 0.29) is 18.7 Å². The van der Waals surface area contributed by atoms with Gasteiger partial charge < -0.3 is 15.0 Å². The van der Waals surface area contributed by atoms with E-state index in [0.29, 0.717) is 0 Å². The van der Waals surface area contributed by atoms with Gasteiger partial charge in [-0.15, -0.1) is 11.8 Å². The number of para-hydroxylation sites is 1. The fourth-order valence-corrected chi connectivity index (χ4v) is 4.43. The zero-order valence-electron chi connectivity index (χ0n) is 13.7. The molecule has 23 heavy (non-hydrogen) atoms. The molecule has 1 aliphatic rings. The normalized spacial score (nSPS) is 20.7. The van der Waals surface area contributed by atoms with Crippen molar-refractivity contribution < 1.29 is 5.11 Å². The first-order valence-corrected chi connectivity index (χ1v) is 9.91. The molecule has 1 aromatic heterocycles. The second-order valence-electron chi connectivity index (χ2n) is 6.14. The van der Waals surface area contributed by atoms with Crippen LogP contribution in [0.1, 0.15) is 43.5 Å². The van der Waals surface area contributed by atoms with Gasteiger partial charge in [0.1, 0.15) is 4.32 Å². The Bertz CT molecular complexity index is 697. The Balaban J connectivity index is 2.11. The molecule has 0 saturated heterocycles. The lowest BCUT2D eigenvalue weighted by molar-refractivity contribution is 0.133. The van der Waals surface area contributed by atoms with Crippen LogP contribution in [0.3, 0.4) is 0 Å². The van der Waals surface area contributed by atoms with Gasteiger partial charge >= 0.3 is 0 Å². The Morgan fingerprint density at radius 1 is 1.43 bits per heavy atom. The van der Waals surface area contributed by atoms with Crippen molar-refractivity contribution in [3.8, 4) is 0 Å². The van der Waals surface area contributed by atoms with Gasteiger partial charge in [0.05, 0.1) is 18.7 Å². The van der Waals surface area contributed by atoms with Crippen molar-refractivity contribution in [2.24, 2.45) is 0 Å². The topological polar surface area (TPSA) is 39.3 Å². The average Bonchev–Trinajstić information content (AvgIpc) is 2.96. The molecule has 0 bridgehead atoms. The van der Waals surface area contributed by atoms with E-state index in [1.807, 2.05) is 6.26 Å². The number of aromatic amines is 1. The van der Waals surface area contributed by atoms with Crippen LogP contribution in [0.15, 0.2) is 24.3 Å². The zero-order chi connectivity index (χ0) is 16.4. The number of nitrogens with zero attached hydrogens (tertiary/aromatic N) is 1. The molecular weight excluding hydrogens is 324 g/mol. The predicted octanol–water partition coefficient (Wildman–Crippen LogP) is 4.27. The van der Waals surface area contributed by atoms with Crippen molar-refractivity contribution >= 4 is 39.2 Å². The number of nitrogens with one attached hydrogen (secondary N) is 1. The molecule has 0 amide bonds. The molecule has 2 atom stereocenters. The monoisotopic (exact) mass is 348 g/mol. The first-order valence-electron chi connectivity index (χ1n) is 8.27. The Kier molecular flexibility index (Phi) is 5.29. The van der Waals surface area contributed by atoms with Gasteiger partial charge in [-0.2, -0.15) is 0 Å². The molecule has 0 radical (unpaired) electrons. The summed E-state index contributed by atoms with van der Waals surface area (Å²) < 4.78 is 0.884. The van der Waals surface area contributed by atoms with E-state index < -0.39 is 0 Å². The maximum absolute atomic E-state index is 9.96. The van der Waals surface area contributed by atoms with Crippen molar-refractivity contribution in [3.63, 3.8) is 0 Å². The van der Waals surface area contributed by atoms with Crippen LogP contribution in [0.25, 0.3) is 10.9 Å². The number of thioether (sulfide) groups is 1. The highest BCUT2D eigenvalue weighted by atomic mass is 32.2. The van der Waals surface area contributed by atoms with Crippen LogP contribution >= 0.6 is 24.0 Å². The highest BCUT2D eigenvalue weighted by molar-refractivity contribution is 8.22. The van der Waals surface area contributed by atoms with E-state index in [0.717, 1.165) is 30.0 Å². The molecule has 0 fully saturated rings. The minimum Gasteiger partial charge on any atom is -0.394 e. The van der Waals surface area contributed by atoms with E-state index in [1.165, 1.54) is 22.2 Å². The Hall–Kier alpha value is -1.04. The first kappa shape index (κ1) is 16.8. The van der Waals surface area contributed by atoms with E-state index in [4.69, 9.17) is 12.2 Å². The molecule has 2 N–H and O–H groups in total. The number of unbranched alkanes of at least 4 members (excludes halogenated alkanes) is 1. The summed E-state index contributed by atoms with van der Waals surface area (Å²) in [5, 5.41) is 11.3. The molecule has 2 aromatic rings. The van der Waals surface area contributed by atoms with Gasteiger partial charge in [0, 0.05) is 16.6 Å². The molecule has 3 rings (SSSR count). The SMILES string of the molecule is CCCC[C@H]1c2[nH]c3ccccc3c2C[C@@H](CO)N1C(=S)SC. The highest BCUT2D eigenvalue weighted by Crippen LogP contribution is 2.40. The molecule has 0 spiro atoms. The Morgan fingerprint density at radius 2 is 2.22 bits per heavy atom. The van der Waals surface area contributed by atoms with Crippen molar-refractivity contribution in [3.05, 3.63) is 35.5 Å². The number of aromatic nitrogens is 1. The van der Waals surface area contributed by atoms with Crippen LogP contribution in [0.2, 0.25) is 0 Å². The minimum absolute atomic E-state index is 0.0727. The van der Waals surface area contributed by atoms with Crippen molar-refractivity contribution in [2.45, 2.75) is 44.7 Å². The highest BCUT2D eigenvalue weighted by Gasteiger charge is 2.37. The quantitative estimate of drug-likeness (QED) is 0.810. The molecule has 1 aromatic carbocycles. The molecule has 0 saturated carbocycles. The summed E-state index contributed by atoms with van der Waals surface area (Å²) in [7, 11) is 0. The number of rotatable bonds is 4. The zero-order valence-corrected chi connectivity index (χ0v) is 15.3. The fraction of sp³-hybridized carbons (Fsp3) is 0.500. The summed E-state index contributed by atoms with van der Waals surface area (Å²) in [5.74, 6) is 0. The maximum Gasteiger partial charge on any atom is 0.137 e. The van der Waals surface area contributed by atoms with Crippen molar-refractivity contribution in [2.75, 3.05) is 12.9 Å². The van der Waals surface area contributed by atoms with Crippen LogP contribution in [-0.2, 0) is 6.42 Å². The van der Waals surface area contributed by atoms with Crippen molar-refractivity contribution in [1.82, 2.24) is 9.88 Å². The molecule has 2 heterocycles. The van der Waals surface area contributed by atoms with Crippen LogP contribution in [0.5, 0.6) is 0 Å². The van der Waals surface area contributed by atoms with Crippen LogP contribution in [0, 0.1) is 0 Å². The number of thiocarbonyl (C=S) groups is 1. The Labute approximate surface area is 147 Å². The third-order valence-corrected chi connectivity index (χ3v) is 6.05. The summed E-state index contributed by atoms with van der Waals surface area (Å²) in [6, 6.07) is 8.78. The fourth-order valence-electron chi connectivity index (χ4n) is 3.67. The van der Waals surface area contributed by atoms with E-state index in [9.17, 15) is 5.11 Å². The number of hydrogen-bond donors (Lipinski definition) is 2. The summed E-state index contributed by atoms with van der Waals surface area (Å²) >= 11 is 7.22. The van der Waals surface area contributed by atoms with E-state index >= 15 is 0 Å². The van der Waals surface area contributed by atoms with E-state index in [1.54, 1.807) is 11.8 Å². The van der Waals surface area contributed by atoms with Gasteiger partial charge in [-0.25, -0.2) is 0 Å². The van der Waals surface area contributed by atoms with Crippen LogP contribution < -0.4 is 0 Å². The number of hydrogen-bond acceptors (Lipinski definition) is 3. The largest absolute Gasteiger partial charge is 0.394 e. The Morgan fingerprint density at radius 3 is 2.91 bits per heavy atom. The number of benzene rings is 1. The summed E-state index contributed by atoms with van der Waals surface area (Å²) in [6.07, 6.45) is 6.25. The molecule has 0 unspecified atom stereocenters. The molecule has 3 nitrogen and oxygen atoms in total. The standard InChI is InChI=1S/C18H24N2OS2/c1-3-4-9-16-17-14(13-7-5-6-8-15(13)19-17)10-12(11-21)20(16)18(22)23-2/h5-8,12,16,19,21H,3-4,9-11H2,1-2H3/t12-,16-/m0/s1. The van der Waals surface area contributed by atoms with Gasteiger partial charge in [-0.1, -0.05) is 50.2 Å². The third kappa shape index (κ3) is 3.02. The van der Waals surface area contributed by atoms with Crippen LogP contribution in [0.4, 0.5) is 0 Å². The molecular formula is C18H24N2OS2. The number of H-pyrrole nitrogens is 1. The van der Waals surface area contributed by atoms with Gasteiger partial charge in [0.15, 0.2) is 0 Å². The van der Waals surface area contributed by atoms with Crippen molar-refractivity contribution in [1.29, 1.82) is 0 Å². The predicted molar refractivity (Wildman–Crippen MR) is 103 cm³/mol. The molecule has 1 aliphatic heterocycles. The lowest BCUT2D eigenvalue weighted by atomic mass is 9.90. The number of aliphatic hydroxyl groups excluding tert-OH is 1. The average molecular weight is 349 g/mol. The molecule has 0 aliphatic carbocycles. The van der Waals surface area contributed by atoms with Gasteiger partial charge in [-0.05, 0) is 30.7 Å². The maximum atomic E-state index is 9.96. The van der Waals surface area contributed by atoms with Gasteiger partial charge in [0.2, 0.25) is 0 Å². The lowest BCUT2D eigenvalue weighted by Gasteiger charge is -2.42. The summed E-state index contributed by atoms with van der Waals surface area (Å²) in [4.78, 5) is 5.91. The van der Waals surface area contributed by atoms with Crippen LogP contribution in [-0.4, -0.2) is 38.2 Å². The van der Waals surface area contributed by atoms with E-state index in [2.05, 4.69) is 41.1 Å². The second kappa shape index (κ2) is 7.24. The minimum atomic E-state index is 0.0727. The number of fused-ring (bicyclic) bond motifs is 3. The van der Waals surface area contributed by atoms with Gasteiger partial charge in [0.25, 0.3) is 0 Å². The summed E-state index contributed by atoms with van der Waals surface area (Å²) in [6.45, 7) is 2.36. The molecule has 124 valence electrons. The molecule has 5 heteroatoms. The second-order valence-corrected chi connectivity index (χ2v) is 7.58. The lowest BCUT2D eigenvalue weighted by Crippen LogP contribution is -2.47. The smallest absolute Gasteiger partial charge is 0.137 e. The first-order chi connectivity index (χ1) is 11.2. The summed E-state index contributed by atoms with van der Waals surface area (Å²) in [5.41, 5.74) is 3.84. The van der Waals surface area contributed by atoms with Gasteiger partial charge in [-0.3, -0.25) is 0 Å².